The van der Waals surface area contributed by atoms with E-state index in [0.29, 0.717) is 0 Å². The topological polar surface area (TPSA) is 141 Å². The third-order valence-electron chi connectivity index (χ3n) is 4.35. The lowest BCUT2D eigenvalue weighted by atomic mass is 10.1. The number of nitriles is 1. The third kappa shape index (κ3) is 7.50. The van der Waals surface area contributed by atoms with Crippen LogP contribution in [0, 0.1) is 11.3 Å². The van der Waals surface area contributed by atoms with Crippen molar-refractivity contribution in [3.63, 3.8) is 0 Å². The first kappa shape index (κ1) is 26.7. The third-order valence-corrected chi connectivity index (χ3v) is 4.35. The Morgan fingerprint density at radius 2 is 1.80 bits per heavy atom. The van der Waals surface area contributed by atoms with Gasteiger partial charge in [-0.2, -0.15) is 18.4 Å². The number of methoxy groups -OCH3 is 1. The lowest BCUT2D eigenvalue weighted by Crippen LogP contribution is -2.21. The summed E-state index contributed by atoms with van der Waals surface area (Å²) in [5.41, 5.74) is 4.11. The molecule has 0 saturated heterocycles. The molecule has 184 valence electrons. The number of hydrogen-bond acceptors (Lipinski definition) is 8. The molecule has 2 aromatic rings. The Kier molecular flexibility index (Phi) is 8.82. The molecule has 12 heteroatoms. The van der Waals surface area contributed by atoms with E-state index in [9.17, 15) is 27.6 Å². The van der Waals surface area contributed by atoms with Crippen LogP contribution in [0.5, 0.6) is 11.5 Å². The molecule has 2 aromatic carbocycles. The molecule has 1 amide bonds. The van der Waals surface area contributed by atoms with E-state index in [1.165, 1.54) is 38.3 Å². The van der Waals surface area contributed by atoms with E-state index in [-0.39, 0.29) is 34.0 Å². The minimum atomic E-state index is -4.56. The van der Waals surface area contributed by atoms with Gasteiger partial charge in [0.2, 0.25) is 5.78 Å². The maximum absolute atomic E-state index is 12.8. The van der Waals surface area contributed by atoms with E-state index < -0.39 is 42.6 Å². The number of amides is 1. The molecular weight excluding hydrogens is 471 g/mol. The number of halogens is 3. The molecule has 0 atom stereocenters. The fourth-order valence-corrected chi connectivity index (χ4v) is 2.68. The number of allylic oxidation sites excluding steroid dienone is 1. The molecule has 0 saturated carbocycles. The molecule has 0 aliphatic rings. The number of anilines is 1. The van der Waals surface area contributed by atoms with E-state index in [4.69, 9.17) is 25.2 Å². The van der Waals surface area contributed by atoms with E-state index in [0.717, 1.165) is 18.2 Å². The monoisotopic (exact) mass is 491 g/mol. The fourth-order valence-electron chi connectivity index (χ4n) is 2.68. The number of nitrogens with two attached hydrogens (primary N) is 1. The molecule has 9 nitrogen and oxygen atoms in total. The van der Waals surface area contributed by atoms with Crippen LogP contribution >= 0.6 is 0 Å². The predicted molar refractivity (Wildman–Crippen MR) is 116 cm³/mol. The van der Waals surface area contributed by atoms with E-state index in [1.54, 1.807) is 6.07 Å². The van der Waals surface area contributed by atoms with Crippen LogP contribution in [0.3, 0.4) is 0 Å². The van der Waals surface area contributed by atoms with Crippen molar-refractivity contribution < 1.29 is 41.8 Å². The van der Waals surface area contributed by atoms with Gasteiger partial charge in [0.05, 0.1) is 18.2 Å². The van der Waals surface area contributed by atoms with Crippen LogP contribution in [-0.4, -0.2) is 38.0 Å². The van der Waals surface area contributed by atoms with E-state index >= 15 is 0 Å². The molecule has 0 bridgehead atoms. The highest BCUT2D eigenvalue weighted by molar-refractivity contribution is 6.02. The lowest BCUT2D eigenvalue weighted by Gasteiger charge is -2.13. The van der Waals surface area contributed by atoms with Crippen LogP contribution in [0.4, 0.5) is 18.9 Å². The molecule has 3 N–H and O–H groups in total. The smallest absolute Gasteiger partial charge is 0.416 e. The lowest BCUT2D eigenvalue weighted by molar-refractivity contribution is -0.137. The molecule has 2 rings (SSSR count). The Hall–Kier alpha value is -4.53. The van der Waals surface area contributed by atoms with E-state index in [2.05, 4.69) is 5.32 Å². The first-order valence-corrected chi connectivity index (χ1v) is 9.81. The zero-order valence-electron chi connectivity index (χ0n) is 18.6. The molecule has 0 aliphatic carbocycles. The van der Waals surface area contributed by atoms with Crippen LogP contribution in [0.25, 0.3) is 0 Å². The van der Waals surface area contributed by atoms with Crippen LogP contribution in [0.2, 0.25) is 0 Å². The van der Waals surface area contributed by atoms with Crippen molar-refractivity contribution in [3.05, 3.63) is 64.9 Å². The Balaban J connectivity index is 2.00. The Labute approximate surface area is 197 Å². The normalized spacial score (nSPS) is 11.5. The number of hydrogen-bond donors (Lipinski definition) is 2. The Morgan fingerprint density at radius 3 is 2.40 bits per heavy atom. The SMILES string of the molecule is COc1cc(C(=O)OCC(=O)/C(C#N)=C(/C)N)ccc1OCC(=O)Nc1cccc(C(F)(F)F)c1. The number of ketones is 1. The second kappa shape index (κ2) is 11.6. The van der Waals surface area contributed by atoms with Gasteiger partial charge in [0, 0.05) is 11.4 Å². The number of alkyl halides is 3. The largest absolute Gasteiger partial charge is 0.493 e. The summed E-state index contributed by atoms with van der Waals surface area (Å²) in [5, 5.41) is 11.2. The van der Waals surface area contributed by atoms with Gasteiger partial charge in [0.1, 0.15) is 11.6 Å². The molecule has 0 spiro atoms. The molecule has 0 radical (unpaired) electrons. The zero-order valence-corrected chi connectivity index (χ0v) is 18.6. The molecule has 0 aromatic heterocycles. The summed E-state index contributed by atoms with van der Waals surface area (Å²) in [6.45, 7) is 0.0981. The van der Waals surface area contributed by atoms with Gasteiger partial charge in [0.15, 0.2) is 24.7 Å². The molecule has 0 unspecified atom stereocenters. The highest BCUT2D eigenvalue weighted by Crippen LogP contribution is 2.31. The summed E-state index contributed by atoms with van der Waals surface area (Å²) in [6.07, 6.45) is -4.56. The molecule has 35 heavy (non-hydrogen) atoms. The highest BCUT2D eigenvalue weighted by atomic mass is 19.4. The molecule has 0 heterocycles. The number of carbonyl (C=O) groups is 3. The standard InChI is InChI=1S/C23H20F3N3O6/c1-13(28)17(10-27)18(30)11-35-22(32)14-6-7-19(20(8-14)33-2)34-12-21(31)29-16-5-3-4-15(9-16)23(24,25)26/h3-9H,11-12,28H2,1-2H3,(H,29,31)/b17-13-. The van der Waals surface area contributed by atoms with Crippen molar-refractivity contribution in [1.82, 2.24) is 0 Å². The van der Waals surface area contributed by atoms with Gasteiger partial charge in [-0.3, -0.25) is 9.59 Å². The predicted octanol–water partition coefficient (Wildman–Crippen LogP) is 3.21. The van der Waals surface area contributed by atoms with Gasteiger partial charge >= 0.3 is 12.1 Å². The second-order valence-corrected chi connectivity index (χ2v) is 6.95. The maximum Gasteiger partial charge on any atom is 0.416 e. The molecular formula is C23H20F3N3O6. The summed E-state index contributed by atoms with van der Waals surface area (Å²) >= 11 is 0. The average Bonchev–Trinajstić information content (AvgIpc) is 2.80. The number of benzene rings is 2. The van der Waals surface area contributed by atoms with Crippen molar-refractivity contribution in [2.45, 2.75) is 13.1 Å². The summed E-state index contributed by atoms with van der Waals surface area (Å²) < 4.78 is 53.8. The first-order valence-electron chi connectivity index (χ1n) is 9.81. The number of esters is 1. The van der Waals surface area contributed by atoms with Crippen LogP contribution in [0.1, 0.15) is 22.8 Å². The summed E-state index contributed by atoms with van der Waals surface area (Å²) in [6, 6.07) is 9.57. The van der Waals surface area contributed by atoms with Crippen molar-refractivity contribution >= 4 is 23.3 Å². The number of rotatable bonds is 9. The average molecular weight is 491 g/mol. The minimum absolute atomic E-state index is 0.00573. The van der Waals surface area contributed by atoms with Crippen molar-refractivity contribution in [2.24, 2.45) is 5.73 Å². The van der Waals surface area contributed by atoms with Crippen molar-refractivity contribution in [1.29, 1.82) is 5.26 Å². The number of nitrogens with one attached hydrogen (secondary N) is 1. The van der Waals surface area contributed by atoms with Gasteiger partial charge in [-0.1, -0.05) is 6.07 Å². The number of nitrogens with zero attached hydrogens (tertiary/aromatic N) is 1. The van der Waals surface area contributed by atoms with Crippen LogP contribution in [0.15, 0.2) is 53.7 Å². The number of ether oxygens (including phenoxy) is 3. The van der Waals surface area contributed by atoms with Crippen molar-refractivity contribution in [3.8, 4) is 17.6 Å². The minimum Gasteiger partial charge on any atom is -0.493 e. The van der Waals surface area contributed by atoms with Gasteiger partial charge in [0.25, 0.3) is 5.91 Å². The Bertz CT molecular complexity index is 1200. The quantitative estimate of drug-likeness (QED) is 0.310. The number of Topliss-reactive ketones (excluding diaryl/α,β-unsaturated/α-hetero) is 1. The molecule has 0 aliphatic heterocycles. The van der Waals surface area contributed by atoms with Crippen LogP contribution < -0.4 is 20.5 Å². The Morgan fingerprint density at radius 1 is 1.09 bits per heavy atom. The first-order chi connectivity index (χ1) is 16.5. The van der Waals surface area contributed by atoms with Gasteiger partial charge in [-0.15, -0.1) is 0 Å². The fraction of sp³-hybridized carbons (Fsp3) is 0.217. The molecule has 0 fully saturated rings. The summed E-state index contributed by atoms with van der Waals surface area (Å²) in [4.78, 5) is 36.2. The highest BCUT2D eigenvalue weighted by Gasteiger charge is 2.30. The van der Waals surface area contributed by atoms with Gasteiger partial charge in [-0.05, 0) is 43.3 Å². The van der Waals surface area contributed by atoms with E-state index in [1.807, 2.05) is 0 Å². The zero-order chi connectivity index (χ0) is 26.2. The number of carbonyl (C=O) groups excluding carboxylic acids is 3. The van der Waals surface area contributed by atoms with Gasteiger partial charge < -0.3 is 25.3 Å². The van der Waals surface area contributed by atoms with Gasteiger partial charge in [-0.25, -0.2) is 4.79 Å². The maximum atomic E-state index is 12.8. The van der Waals surface area contributed by atoms with Crippen molar-refractivity contribution in [2.75, 3.05) is 25.6 Å². The van der Waals surface area contributed by atoms with Crippen LogP contribution in [-0.2, 0) is 20.5 Å². The summed E-state index contributed by atoms with van der Waals surface area (Å²) in [7, 11) is 1.28. The second-order valence-electron chi connectivity index (χ2n) is 6.95. The summed E-state index contributed by atoms with van der Waals surface area (Å²) in [5.74, 6) is -2.28.